The average molecular weight is 1210 g/mol. The summed E-state index contributed by atoms with van der Waals surface area (Å²) in [6, 6.07) is 100. The molecule has 93 heavy (non-hydrogen) atoms. The molecule has 0 bridgehead atoms. The van der Waals surface area contributed by atoms with E-state index < -0.39 is 0 Å². The van der Waals surface area contributed by atoms with Gasteiger partial charge >= 0.3 is 0 Å². The Hall–Kier alpha value is -9.70. The highest BCUT2D eigenvalue weighted by atomic mass is 15.2. The third-order valence-corrected chi connectivity index (χ3v) is 19.9. The molecule has 2 nitrogen and oxygen atoms in total. The quantitative estimate of drug-likeness (QED) is 0.0944. The maximum atomic E-state index is 2.72. The first-order valence-electron chi connectivity index (χ1n) is 34.1. The molecule has 0 aromatic heterocycles. The first-order chi connectivity index (χ1) is 45.1. The molecule has 0 atom stereocenters. The summed E-state index contributed by atoms with van der Waals surface area (Å²) < 4.78 is 0. The molecule has 12 aromatic rings. The smallest absolute Gasteiger partial charge is 0.252 e. The van der Waals surface area contributed by atoms with Crippen molar-refractivity contribution in [1.82, 2.24) is 0 Å². The molecule has 0 amide bonds. The summed E-state index contributed by atoms with van der Waals surface area (Å²) in [5, 5.41) is 0. The number of fused-ring (bicyclic) bond motifs is 4. The Morgan fingerprint density at radius 2 is 0.570 bits per heavy atom. The second-order valence-electron chi connectivity index (χ2n) is 27.9. The fourth-order valence-electron chi connectivity index (χ4n) is 15.4. The van der Waals surface area contributed by atoms with Gasteiger partial charge in [0.2, 0.25) is 0 Å². The lowest BCUT2D eigenvalue weighted by Gasteiger charge is -2.45. The first-order valence-corrected chi connectivity index (χ1v) is 34.1. The van der Waals surface area contributed by atoms with E-state index in [4.69, 9.17) is 0 Å². The minimum atomic E-state index is -0.182. The number of anilines is 6. The summed E-state index contributed by atoms with van der Waals surface area (Å²) in [6.07, 6.45) is 0. The van der Waals surface area contributed by atoms with Crippen LogP contribution in [-0.4, -0.2) is 6.71 Å². The number of nitrogens with zero attached hydrogens (tertiary/aromatic N) is 2. The van der Waals surface area contributed by atoms with Crippen molar-refractivity contribution in [2.45, 2.75) is 119 Å². The molecular formula is C90H85BN2. The third-order valence-electron chi connectivity index (χ3n) is 19.9. The molecule has 0 spiro atoms. The molecule has 14 rings (SSSR count). The van der Waals surface area contributed by atoms with E-state index >= 15 is 0 Å². The van der Waals surface area contributed by atoms with Gasteiger partial charge in [0, 0.05) is 39.6 Å². The predicted molar refractivity (Wildman–Crippen MR) is 403 cm³/mol. The van der Waals surface area contributed by atoms with Crippen LogP contribution in [0.25, 0.3) is 77.9 Å². The van der Waals surface area contributed by atoms with Crippen LogP contribution >= 0.6 is 0 Å². The summed E-state index contributed by atoms with van der Waals surface area (Å²) in [7, 11) is 0. The zero-order valence-corrected chi connectivity index (χ0v) is 56.3. The molecule has 2 heterocycles. The molecule has 0 N–H and O–H groups in total. The van der Waals surface area contributed by atoms with Crippen LogP contribution < -0.4 is 26.2 Å². The van der Waals surface area contributed by atoms with Crippen LogP contribution in [0, 0.1) is 0 Å². The molecule has 0 fully saturated rings. The van der Waals surface area contributed by atoms with E-state index in [0.29, 0.717) is 23.7 Å². The highest BCUT2D eigenvalue weighted by Gasteiger charge is 2.45. The van der Waals surface area contributed by atoms with Crippen LogP contribution in [0.3, 0.4) is 0 Å². The number of hydrogen-bond acceptors (Lipinski definition) is 2. The SMILES string of the molecule is CC(C)c1cccc(C(C)C)c1-c1ccc(N2c3ccc(-c4c(C(C)C)cccc4C(C)C)cc3B3c4cc(-c5ccccc5)ccc4N(c4c(-c5ccccc5)cc(-c5ccccc5)cc4-c4ccccc4)c4cc(-c5c(C(C)C)cccc5C(C)C)cc2c43)cc1. The molecule has 0 aliphatic carbocycles. The number of rotatable bonds is 15. The predicted octanol–water partition coefficient (Wildman–Crippen LogP) is 24.2. The minimum Gasteiger partial charge on any atom is -0.311 e. The van der Waals surface area contributed by atoms with Crippen molar-refractivity contribution < 1.29 is 0 Å². The molecule has 0 saturated heterocycles. The van der Waals surface area contributed by atoms with Gasteiger partial charge in [0.05, 0.1) is 5.69 Å². The van der Waals surface area contributed by atoms with Crippen molar-refractivity contribution in [3.63, 3.8) is 0 Å². The highest BCUT2D eigenvalue weighted by Crippen LogP contribution is 2.54. The summed E-state index contributed by atoms with van der Waals surface area (Å²) in [5.41, 5.74) is 36.2. The van der Waals surface area contributed by atoms with Crippen molar-refractivity contribution in [1.29, 1.82) is 0 Å². The third kappa shape index (κ3) is 10.9. The van der Waals surface area contributed by atoms with Crippen LogP contribution in [0.15, 0.2) is 261 Å². The average Bonchev–Trinajstić information content (AvgIpc) is 0.690. The lowest BCUT2D eigenvalue weighted by atomic mass is 9.33. The van der Waals surface area contributed by atoms with Gasteiger partial charge < -0.3 is 9.80 Å². The standard InChI is InChI=1S/C90H85BN2/c1-56(2)72-36-25-37-73(57(3)4)86(72)66-42-46-71(47-43-66)92-82-49-45-68(87-74(58(5)6)38-26-39-75(87)59(7)8)53-81(82)91-80-52-67(62-28-17-13-18-29-62)44-48-83(80)93(85-55-70(54-84(92)89(85)91)88-76(60(9)10)40-27-41-77(88)61(11)12)90-78(64-32-21-15-22-33-64)50-69(63-30-19-14-20-31-63)51-79(90)65-34-23-16-24-35-65/h13-61H,1-12H3. The number of hydrogen-bond donors (Lipinski definition) is 0. The normalized spacial score (nSPS) is 12.6. The van der Waals surface area contributed by atoms with Crippen LogP contribution in [0.5, 0.6) is 0 Å². The second kappa shape index (κ2) is 25.1. The minimum absolute atomic E-state index is 0.182. The zero-order valence-electron chi connectivity index (χ0n) is 56.3. The molecular weight excluding hydrogens is 1120 g/mol. The van der Waals surface area contributed by atoms with E-state index in [-0.39, 0.29) is 18.5 Å². The largest absolute Gasteiger partial charge is 0.311 e. The van der Waals surface area contributed by atoms with Gasteiger partial charge in [0.15, 0.2) is 0 Å². The van der Waals surface area contributed by atoms with Crippen molar-refractivity contribution >= 4 is 57.2 Å². The molecule has 458 valence electrons. The maximum Gasteiger partial charge on any atom is 0.252 e. The van der Waals surface area contributed by atoms with Crippen molar-refractivity contribution in [3.8, 4) is 77.9 Å². The van der Waals surface area contributed by atoms with Gasteiger partial charge in [-0.25, -0.2) is 0 Å². The van der Waals surface area contributed by atoms with Gasteiger partial charge in [0.25, 0.3) is 6.71 Å². The first kappa shape index (κ1) is 60.8. The van der Waals surface area contributed by atoms with Crippen molar-refractivity contribution in [2.75, 3.05) is 9.80 Å². The fourth-order valence-corrected chi connectivity index (χ4v) is 15.4. The van der Waals surface area contributed by atoms with Crippen LogP contribution in [0.4, 0.5) is 34.1 Å². The van der Waals surface area contributed by atoms with E-state index in [2.05, 4.69) is 354 Å². The van der Waals surface area contributed by atoms with Gasteiger partial charge in [0.1, 0.15) is 0 Å². The molecule has 2 aliphatic heterocycles. The maximum absolute atomic E-state index is 2.72. The molecule has 12 aromatic carbocycles. The lowest BCUT2D eigenvalue weighted by Crippen LogP contribution is -2.61. The number of benzene rings is 12. The Morgan fingerprint density at radius 3 is 0.989 bits per heavy atom. The Kier molecular flexibility index (Phi) is 16.4. The van der Waals surface area contributed by atoms with Crippen molar-refractivity contribution in [3.05, 3.63) is 294 Å². The van der Waals surface area contributed by atoms with Crippen LogP contribution in [0.2, 0.25) is 0 Å². The Balaban J connectivity index is 1.17. The lowest BCUT2D eigenvalue weighted by molar-refractivity contribution is 0.838. The topological polar surface area (TPSA) is 6.48 Å². The Labute approximate surface area is 554 Å². The second-order valence-corrected chi connectivity index (χ2v) is 27.9. The summed E-state index contributed by atoms with van der Waals surface area (Å²) in [5.74, 6) is 1.90. The molecule has 0 unspecified atom stereocenters. The van der Waals surface area contributed by atoms with E-state index in [1.807, 2.05) is 0 Å². The van der Waals surface area contributed by atoms with E-state index in [1.54, 1.807) is 0 Å². The van der Waals surface area contributed by atoms with Crippen molar-refractivity contribution in [2.24, 2.45) is 0 Å². The van der Waals surface area contributed by atoms with Gasteiger partial charge in [-0.05, 0) is 201 Å². The summed E-state index contributed by atoms with van der Waals surface area (Å²) in [6.45, 7) is 28.1. The monoisotopic (exact) mass is 1200 g/mol. The molecule has 0 radical (unpaired) electrons. The zero-order chi connectivity index (χ0) is 64.3. The van der Waals surface area contributed by atoms with E-state index in [1.165, 1.54) is 128 Å². The fraction of sp³-hybridized carbons (Fsp3) is 0.200. The van der Waals surface area contributed by atoms with E-state index in [9.17, 15) is 0 Å². The summed E-state index contributed by atoms with van der Waals surface area (Å²) in [4.78, 5) is 5.37. The molecule has 3 heteroatoms. The molecule has 2 aliphatic rings. The van der Waals surface area contributed by atoms with E-state index in [0.717, 1.165) is 33.6 Å². The van der Waals surface area contributed by atoms with Crippen LogP contribution in [0.1, 0.15) is 152 Å². The summed E-state index contributed by atoms with van der Waals surface area (Å²) >= 11 is 0. The van der Waals surface area contributed by atoms with Gasteiger partial charge in [-0.2, -0.15) is 0 Å². The van der Waals surface area contributed by atoms with Gasteiger partial charge in [-0.1, -0.05) is 295 Å². The van der Waals surface area contributed by atoms with Gasteiger partial charge in [-0.15, -0.1) is 0 Å². The van der Waals surface area contributed by atoms with Gasteiger partial charge in [-0.3, -0.25) is 0 Å². The Bertz CT molecular complexity index is 4590. The molecule has 0 saturated carbocycles. The highest BCUT2D eigenvalue weighted by molar-refractivity contribution is 7.00. The van der Waals surface area contributed by atoms with Crippen LogP contribution in [-0.2, 0) is 0 Å². The Morgan fingerprint density at radius 1 is 0.237 bits per heavy atom.